The van der Waals surface area contributed by atoms with Gasteiger partial charge in [0, 0.05) is 12.8 Å². The van der Waals surface area contributed by atoms with Crippen molar-refractivity contribution in [1.29, 1.82) is 0 Å². The molecule has 0 bridgehead atoms. The Labute approximate surface area is 463 Å². The molecular weight excluding hydrogens is 1010 g/mol. The van der Waals surface area contributed by atoms with Gasteiger partial charge in [-0.1, -0.05) is 122 Å². The van der Waals surface area contributed by atoms with Crippen LogP contribution in [-0.2, 0) is 52.7 Å². The normalized spacial score (nSPS) is 15.0. The maximum absolute atomic E-state index is 14.2. The second kappa shape index (κ2) is 37.9. The summed E-state index contributed by atoms with van der Waals surface area (Å²) in [4.78, 5) is 147. The van der Waals surface area contributed by atoms with Gasteiger partial charge in [0.15, 0.2) is 0 Å². The number of nitrogens with two attached hydrogens (primary N) is 2. The predicted molar refractivity (Wildman–Crippen MR) is 296 cm³/mol. The van der Waals surface area contributed by atoms with Crippen LogP contribution in [0.2, 0.25) is 0 Å². The summed E-state index contributed by atoms with van der Waals surface area (Å²) in [6, 6.07) is -10.4. The zero-order valence-electron chi connectivity index (χ0n) is 49.0. The van der Waals surface area contributed by atoms with Crippen molar-refractivity contribution in [3.63, 3.8) is 0 Å². The lowest BCUT2D eigenvalue weighted by Crippen LogP contribution is -2.61. The number of aliphatic hydroxyl groups is 1. The van der Waals surface area contributed by atoms with Crippen LogP contribution in [0.5, 0.6) is 0 Å². The van der Waals surface area contributed by atoms with E-state index in [1.54, 1.807) is 41.5 Å². The summed E-state index contributed by atoms with van der Waals surface area (Å²) in [5.41, 5.74) is 10.9. The first-order chi connectivity index (χ1) is 36.3. The second-order valence-electron chi connectivity index (χ2n) is 23.3. The monoisotopic (exact) mass is 1110 g/mol. The number of carbonyl (C=O) groups excluding carboxylic acids is 10. The highest BCUT2D eigenvalue weighted by Crippen LogP contribution is 2.16. The number of hydrogen-bond donors (Lipinski definition) is 12. The Balaban J connectivity index is 6.68. The van der Waals surface area contributed by atoms with E-state index in [0.717, 1.165) is 32.1 Å². The summed E-state index contributed by atoms with van der Waals surface area (Å²) in [5.74, 6) is -10.4. The van der Waals surface area contributed by atoms with E-state index in [4.69, 9.17) is 11.5 Å². The van der Waals surface area contributed by atoms with Crippen LogP contribution < -0.4 is 54.0 Å². The summed E-state index contributed by atoms with van der Waals surface area (Å²) in [6.07, 6.45) is 3.31. The molecule has 0 aliphatic rings. The fourth-order valence-corrected chi connectivity index (χ4v) is 8.58. The van der Waals surface area contributed by atoms with Crippen LogP contribution in [-0.4, -0.2) is 130 Å². The highest BCUT2D eigenvalue weighted by Gasteiger charge is 2.36. The highest BCUT2D eigenvalue weighted by molar-refractivity contribution is 5.98. The lowest BCUT2D eigenvalue weighted by molar-refractivity contribution is -0.143. The number of carboxylic acids is 1. The van der Waals surface area contributed by atoms with Crippen molar-refractivity contribution in [1.82, 2.24) is 42.5 Å². The topological polar surface area (TPSA) is 377 Å². The van der Waals surface area contributed by atoms with Crippen molar-refractivity contribution < 1.29 is 63.0 Å². The molecule has 14 N–H and O–H groups in total. The number of unbranched alkanes of at least 4 members (excludes halogenated alkanes) is 4. The first kappa shape index (κ1) is 72.1. The van der Waals surface area contributed by atoms with Gasteiger partial charge in [-0.2, -0.15) is 0 Å². The molecule has 0 rings (SSSR count). The molecule has 10 amide bonds. The van der Waals surface area contributed by atoms with E-state index in [-0.39, 0.29) is 87.4 Å². The summed E-state index contributed by atoms with van der Waals surface area (Å²) in [7, 11) is 0. The number of carbonyl (C=O) groups is 11. The molecule has 0 aromatic rings. The van der Waals surface area contributed by atoms with Gasteiger partial charge >= 0.3 is 5.97 Å². The molecule has 0 saturated carbocycles. The molecule has 0 aliphatic carbocycles. The number of rotatable bonds is 41. The fraction of sp³-hybridized carbons (Fsp3) is 0.800. The van der Waals surface area contributed by atoms with Crippen molar-refractivity contribution in [2.45, 2.75) is 247 Å². The van der Waals surface area contributed by atoms with E-state index in [9.17, 15) is 63.0 Å². The SMILES string of the molecule is CCCCCCCC(O)CC(=O)N[C@@H](CC(C)C)C(=O)N[C@@H](CC(C)C)C(=O)N[C@@H](CCC(N)=O)C(=O)N[C@@H](CC(C)C)C(=O)N[C@@H](CCC(N)=O)C(=O)N[C@H](C(=O)N[C@@H](CC(C)C)C(=O)N[C@@H](CC(C)C)C(=O)O)C(C)C. The zero-order valence-corrected chi connectivity index (χ0v) is 49.0. The number of amides is 10. The van der Waals surface area contributed by atoms with Gasteiger partial charge in [0.1, 0.15) is 48.3 Å². The Hall–Kier alpha value is -5.87. The summed E-state index contributed by atoms with van der Waals surface area (Å²) in [5, 5.41) is 41.4. The predicted octanol–water partition coefficient (Wildman–Crippen LogP) is 2.48. The van der Waals surface area contributed by atoms with E-state index in [2.05, 4.69) is 49.5 Å². The third-order valence-electron chi connectivity index (χ3n) is 12.6. The van der Waals surface area contributed by atoms with Crippen LogP contribution in [0.3, 0.4) is 0 Å². The van der Waals surface area contributed by atoms with Crippen molar-refractivity contribution in [3.8, 4) is 0 Å². The van der Waals surface area contributed by atoms with Crippen molar-refractivity contribution in [3.05, 3.63) is 0 Å². The molecule has 1 unspecified atom stereocenters. The molecule has 0 aromatic carbocycles. The average Bonchev–Trinajstić information content (AvgIpc) is 3.30. The van der Waals surface area contributed by atoms with Gasteiger partial charge in [-0.25, -0.2) is 4.79 Å². The van der Waals surface area contributed by atoms with E-state index in [0.29, 0.717) is 6.42 Å². The molecule has 0 spiro atoms. The van der Waals surface area contributed by atoms with Gasteiger partial charge in [-0.3, -0.25) is 47.9 Å². The molecule has 78 heavy (non-hydrogen) atoms. The number of aliphatic hydroxyl groups excluding tert-OH is 1. The van der Waals surface area contributed by atoms with E-state index >= 15 is 0 Å². The minimum absolute atomic E-state index is 0.0145. The molecule has 23 nitrogen and oxygen atoms in total. The molecule has 9 atom stereocenters. The summed E-state index contributed by atoms with van der Waals surface area (Å²) in [6.45, 7) is 23.4. The lowest BCUT2D eigenvalue weighted by atomic mass is 9.98. The Morgan fingerprint density at radius 2 is 0.692 bits per heavy atom. The summed E-state index contributed by atoms with van der Waals surface area (Å²) < 4.78 is 0. The minimum Gasteiger partial charge on any atom is -0.480 e. The van der Waals surface area contributed by atoms with Crippen molar-refractivity contribution >= 4 is 65.0 Å². The quantitative estimate of drug-likeness (QED) is 0.0392. The van der Waals surface area contributed by atoms with Crippen LogP contribution in [0.4, 0.5) is 0 Å². The van der Waals surface area contributed by atoms with Gasteiger partial charge in [-0.05, 0) is 86.9 Å². The minimum atomic E-state index is -1.51. The maximum atomic E-state index is 14.2. The number of carboxylic acid groups (broad SMARTS) is 1. The fourth-order valence-electron chi connectivity index (χ4n) is 8.58. The molecule has 23 heteroatoms. The van der Waals surface area contributed by atoms with Gasteiger partial charge in [-0.15, -0.1) is 0 Å². The zero-order chi connectivity index (χ0) is 60.0. The molecule has 448 valence electrons. The Morgan fingerprint density at radius 3 is 1.04 bits per heavy atom. The smallest absolute Gasteiger partial charge is 0.326 e. The standard InChI is InChI=1S/C55H100N10O13/c1-14-15-16-17-18-19-36(66)29-46(69)58-39(24-30(2)3)50(72)62-41(26-32(6)7)52(74)59-37(20-22-44(56)67)48(70)61-40(25-31(4)5)51(73)60-38(21-23-45(57)68)49(71)65-47(35(12)13)54(76)63-42(27-33(8)9)53(75)64-43(55(77)78)28-34(10)11/h30-43,47,66H,14-29H2,1-13H3,(H2,56,67)(H2,57,68)(H,58,69)(H,59,74)(H,60,73)(H,61,70)(H,62,72)(H,63,76)(H,64,75)(H,65,71)(H,77,78)/t36?,37-,38-,39-,40-,41-,42-,43-,47-/m0/s1. The summed E-state index contributed by atoms with van der Waals surface area (Å²) >= 11 is 0. The van der Waals surface area contributed by atoms with Crippen LogP contribution in [0.15, 0.2) is 0 Å². The van der Waals surface area contributed by atoms with Crippen molar-refractivity contribution in [2.24, 2.45) is 47.0 Å². The highest BCUT2D eigenvalue weighted by atomic mass is 16.4. The van der Waals surface area contributed by atoms with E-state index in [1.807, 2.05) is 41.5 Å². The first-order valence-electron chi connectivity index (χ1n) is 28.2. The number of hydrogen-bond acceptors (Lipinski definition) is 12. The molecule has 0 aliphatic heterocycles. The molecule has 0 aromatic heterocycles. The van der Waals surface area contributed by atoms with Gasteiger partial charge in [0.2, 0.25) is 59.1 Å². The molecular formula is C55H100N10O13. The second-order valence-corrected chi connectivity index (χ2v) is 23.3. The van der Waals surface area contributed by atoms with Crippen LogP contribution in [0.1, 0.15) is 193 Å². The molecule has 0 saturated heterocycles. The number of primary amides is 2. The van der Waals surface area contributed by atoms with Crippen LogP contribution >= 0.6 is 0 Å². The third-order valence-corrected chi connectivity index (χ3v) is 12.6. The van der Waals surface area contributed by atoms with E-state index < -0.39 is 132 Å². The van der Waals surface area contributed by atoms with E-state index in [1.165, 1.54) is 0 Å². The Morgan fingerprint density at radius 1 is 0.385 bits per heavy atom. The Bertz CT molecular complexity index is 1950. The van der Waals surface area contributed by atoms with Gasteiger partial charge < -0.3 is 64.2 Å². The van der Waals surface area contributed by atoms with Crippen LogP contribution in [0, 0.1) is 35.5 Å². The molecule has 0 radical (unpaired) electrons. The largest absolute Gasteiger partial charge is 0.480 e. The molecule has 0 fully saturated rings. The average molecular weight is 1110 g/mol. The Kier molecular flexibility index (Phi) is 35.0. The van der Waals surface area contributed by atoms with Gasteiger partial charge in [0.25, 0.3) is 0 Å². The molecule has 0 heterocycles. The maximum Gasteiger partial charge on any atom is 0.326 e. The number of aliphatic carboxylic acids is 1. The first-order valence-corrected chi connectivity index (χ1v) is 28.2. The van der Waals surface area contributed by atoms with Gasteiger partial charge in [0.05, 0.1) is 12.5 Å². The van der Waals surface area contributed by atoms with Crippen LogP contribution in [0.25, 0.3) is 0 Å². The number of nitrogens with one attached hydrogen (secondary N) is 8. The lowest BCUT2D eigenvalue weighted by Gasteiger charge is -2.30. The third kappa shape index (κ3) is 31.5. The van der Waals surface area contributed by atoms with Crippen molar-refractivity contribution in [2.75, 3.05) is 0 Å².